The topological polar surface area (TPSA) is 52.1 Å². The quantitative estimate of drug-likeness (QED) is 0.627. The van der Waals surface area contributed by atoms with Crippen molar-refractivity contribution < 1.29 is 9.53 Å². The Morgan fingerprint density at radius 1 is 1.39 bits per heavy atom. The highest BCUT2D eigenvalue weighted by Crippen LogP contribution is 2.33. The van der Waals surface area contributed by atoms with Crippen LogP contribution in [-0.2, 0) is 16.0 Å². The fraction of sp³-hybridized carbons (Fsp3) is 0.364. The summed E-state index contributed by atoms with van der Waals surface area (Å²) in [4.78, 5) is 13.5. The van der Waals surface area contributed by atoms with Crippen molar-refractivity contribution in [3.8, 4) is 9.88 Å². The summed E-state index contributed by atoms with van der Waals surface area (Å²) in [6, 6.07) is 4.18. The maximum Gasteiger partial charge on any atom is 0.316 e. The molecular formula is C11H12N2O2S3. The van der Waals surface area contributed by atoms with Crippen LogP contribution in [0.4, 0.5) is 0 Å². The summed E-state index contributed by atoms with van der Waals surface area (Å²) in [7, 11) is 1.38. The molecule has 0 amide bonds. The first-order valence-electron chi connectivity index (χ1n) is 5.35. The molecule has 0 radical (unpaired) electrons. The summed E-state index contributed by atoms with van der Waals surface area (Å²) in [5, 5.41) is 9.12. The lowest BCUT2D eigenvalue weighted by Gasteiger charge is -1.94. The Kier molecular flexibility index (Phi) is 4.73. The van der Waals surface area contributed by atoms with Gasteiger partial charge in [-0.1, -0.05) is 30.0 Å². The minimum absolute atomic E-state index is 0.249. The second kappa shape index (κ2) is 6.31. The molecule has 2 aromatic rings. The van der Waals surface area contributed by atoms with E-state index in [1.54, 1.807) is 11.3 Å². The molecule has 7 heteroatoms. The lowest BCUT2D eigenvalue weighted by Crippen LogP contribution is -2.02. The minimum atomic E-state index is -0.249. The van der Waals surface area contributed by atoms with Crippen molar-refractivity contribution in [2.75, 3.05) is 12.9 Å². The number of rotatable bonds is 5. The SMILES string of the molecule is CCc1ccc(-c2nnc(SCC(=O)OC)s2)s1. The van der Waals surface area contributed by atoms with Gasteiger partial charge < -0.3 is 4.74 Å². The highest BCUT2D eigenvalue weighted by atomic mass is 32.2. The third-order valence-corrected chi connectivity index (χ3v) is 5.60. The van der Waals surface area contributed by atoms with Crippen molar-refractivity contribution in [2.24, 2.45) is 0 Å². The van der Waals surface area contributed by atoms with Crippen LogP contribution in [0.5, 0.6) is 0 Å². The van der Waals surface area contributed by atoms with Gasteiger partial charge in [0.15, 0.2) is 9.35 Å². The zero-order valence-corrected chi connectivity index (χ0v) is 12.5. The monoisotopic (exact) mass is 300 g/mol. The first kappa shape index (κ1) is 13.5. The van der Waals surface area contributed by atoms with Gasteiger partial charge in [0.1, 0.15) is 0 Å². The number of aryl methyl sites for hydroxylation is 1. The lowest BCUT2D eigenvalue weighted by molar-refractivity contribution is -0.137. The van der Waals surface area contributed by atoms with Crippen molar-refractivity contribution in [1.29, 1.82) is 0 Å². The number of nitrogens with zero attached hydrogens (tertiary/aromatic N) is 2. The lowest BCUT2D eigenvalue weighted by atomic mass is 10.4. The van der Waals surface area contributed by atoms with Crippen LogP contribution >= 0.6 is 34.4 Å². The molecule has 2 heterocycles. The number of aromatic nitrogens is 2. The van der Waals surface area contributed by atoms with Crippen LogP contribution in [0.2, 0.25) is 0 Å². The largest absolute Gasteiger partial charge is 0.468 e. The normalized spacial score (nSPS) is 10.6. The van der Waals surface area contributed by atoms with Crippen LogP contribution in [0.25, 0.3) is 9.88 Å². The average Bonchev–Trinajstić information content (AvgIpc) is 3.03. The molecule has 0 N–H and O–H groups in total. The Morgan fingerprint density at radius 2 is 2.22 bits per heavy atom. The molecule has 0 bridgehead atoms. The van der Waals surface area contributed by atoms with Gasteiger partial charge in [0, 0.05) is 4.88 Å². The van der Waals surface area contributed by atoms with E-state index in [0.717, 1.165) is 20.6 Å². The predicted molar refractivity (Wildman–Crippen MR) is 75.3 cm³/mol. The summed E-state index contributed by atoms with van der Waals surface area (Å²) < 4.78 is 5.37. The van der Waals surface area contributed by atoms with Crippen LogP contribution in [0.3, 0.4) is 0 Å². The molecular weight excluding hydrogens is 288 g/mol. The molecule has 96 valence electrons. The van der Waals surface area contributed by atoms with Gasteiger partial charge in [0.05, 0.1) is 17.7 Å². The van der Waals surface area contributed by atoms with E-state index in [9.17, 15) is 4.79 Å². The zero-order valence-electron chi connectivity index (χ0n) is 10.0. The summed E-state index contributed by atoms with van der Waals surface area (Å²) >= 11 is 4.60. The third-order valence-electron chi connectivity index (χ3n) is 2.17. The molecule has 0 unspecified atom stereocenters. The number of ether oxygens (including phenoxy) is 1. The first-order chi connectivity index (χ1) is 8.72. The van der Waals surface area contributed by atoms with Crippen LogP contribution in [0, 0.1) is 0 Å². The Balaban J connectivity index is 2.03. The second-order valence-corrected chi connectivity index (χ2v) is 6.73. The van der Waals surface area contributed by atoms with Crippen molar-refractivity contribution in [3.05, 3.63) is 17.0 Å². The molecule has 18 heavy (non-hydrogen) atoms. The summed E-state index contributed by atoms with van der Waals surface area (Å²) in [5.74, 6) is 0.0247. The predicted octanol–water partition coefficient (Wildman–Crippen LogP) is 3.09. The maximum atomic E-state index is 11.0. The number of carbonyl (C=O) groups excluding carboxylic acids is 1. The second-order valence-electron chi connectivity index (χ2n) is 3.36. The average molecular weight is 300 g/mol. The van der Waals surface area contributed by atoms with Gasteiger partial charge in [0.25, 0.3) is 0 Å². The van der Waals surface area contributed by atoms with E-state index in [4.69, 9.17) is 0 Å². The molecule has 0 spiro atoms. The Labute approximate surface area is 117 Å². The minimum Gasteiger partial charge on any atom is -0.468 e. The molecule has 0 aromatic carbocycles. The first-order valence-corrected chi connectivity index (χ1v) is 7.97. The van der Waals surface area contributed by atoms with E-state index in [2.05, 4.69) is 34.0 Å². The number of thioether (sulfide) groups is 1. The molecule has 2 aromatic heterocycles. The fourth-order valence-electron chi connectivity index (χ4n) is 1.23. The molecule has 0 aliphatic heterocycles. The zero-order chi connectivity index (χ0) is 13.0. The molecule has 0 saturated carbocycles. The fourth-order valence-corrected chi connectivity index (χ4v) is 3.91. The van der Waals surface area contributed by atoms with Gasteiger partial charge in [-0.05, 0) is 18.6 Å². The van der Waals surface area contributed by atoms with Gasteiger partial charge in [-0.25, -0.2) is 0 Å². The number of thiophene rings is 1. The number of carbonyl (C=O) groups is 1. The Bertz CT molecular complexity index is 536. The van der Waals surface area contributed by atoms with Gasteiger partial charge in [-0.2, -0.15) is 0 Å². The molecule has 0 fully saturated rings. The Morgan fingerprint density at radius 3 is 2.89 bits per heavy atom. The summed E-state index contributed by atoms with van der Waals surface area (Å²) in [6.45, 7) is 2.13. The van der Waals surface area contributed by atoms with Crippen LogP contribution in [0.1, 0.15) is 11.8 Å². The molecule has 4 nitrogen and oxygen atoms in total. The smallest absolute Gasteiger partial charge is 0.316 e. The van der Waals surface area contributed by atoms with Gasteiger partial charge in [-0.15, -0.1) is 21.5 Å². The van der Waals surface area contributed by atoms with Gasteiger partial charge in [0.2, 0.25) is 0 Å². The van der Waals surface area contributed by atoms with Crippen molar-refractivity contribution >= 4 is 40.4 Å². The maximum absolute atomic E-state index is 11.0. The molecule has 0 aliphatic carbocycles. The van der Waals surface area contributed by atoms with Crippen molar-refractivity contribution in [1.82, 2.24) is 10.2 Å². The van der Waals surface area contributed by atoms with E-state index >= 15 is 0 Å². The number of hydrogen-bond acceptors (Lipinski definition) is 7. The van der Waals surface area contributed by atoms with Crippen LogP contribution in [-0.4, -0.2) is 29.0 Å². The standard InChI is InChI=1S/C11H12N2O2S3/c1-3-7-4-5-8(17-7)10-12-13-11(18-10)16-6-9(14)15-2/h4-5H,3,6H2,1-2H3. The van der Waals surface area contributed by atoms with E-state index in [1.165, 1.54) is 35.1 Å². The summed E-state index contributed by atoms with van der Waals surface area (Å²) in [5.41, 5.74) is 0. The van der Waals surface area contributed by atoms with Crippen molar-refractivity contribution in [3.63, 3.8) is 0 Å². The molecule has 0 aliphatic rings. The Hall–Kier alpha value is -0.920. The van der Waals surface area contributed by atoms with Gasteiger partial charge in [-0.3, -0.25) is 4.79 Å². The van der Waals surface area contributed by atoms with Crippen LogP contribution in [0.15, 0.2) is 16.5 Å². The highest BCUT2D eigenvalue weighted by Gasteiger charge is 2.11. The van der Waals surface area contributed by atoms with E-state index in [-0.39, 0.29) is 11.7 Å². The number of esters is 1. The van der Waals surface area contributed by atoms with Crippen molar-refractivity contribution in [2.45, 2.75) is 17.7 Å². The number of methoxy groups -OCH3 is 1. The molecule has 0 saturated heterocycles. The van der Waals surface area contributed by atoms with Crippen LogP contribution < -0.4 is 0 Å². The van der Waals surface area contributed by atoms with E-state index in [0.29, 0.717) is 0 Å². The number of hydrogen-bond donors (Lipinski definition) is 0. The highest BCUT2D eigenvalue weighted by molar-refractivity contribution is 8.01. The third kappa shape index (κ3) is 3.30. The van der Waals surface area contributed by atoms with E-state index < -0.39 is 0 Å². The molecule has 0 atom stereocenters. The van der Waals surface area contributed by atoms with Gasteiger partial charge >= 0.3 is 5.97 Å². The van der Waals surface area contributed by atoms with E-state index in [1.807, 2.05) is 0 Å². The summed E-state index contributed by atoms with van der Waals surface area (Å²) in [6.07, 6.45) is 1.04. The molecule has 2 rings (SSSR count).